The van der Waals surface area contributed by atoms with E-state index in [1.807, 2.05) is 13.8 Å². The minimum atomic E-state index is -3.83. The third kappa shape index (κ3) is 4.85. The number of hydrogen-bond donors (Lipinski definition) is 0. The minimum absolute atomic E-state index is 0.114. The predicted molar refractivity (Wildman–Crippen MR) is 86.3 cm³/mol. The molecule has 0 saturated heterocycles. The quantitative estimate of drug-likeness (QED) is 0.740. The van der Waals surface area contributed by atoms with E-state index in [0.29, 0.717) is 17.6 Å². The Morgan fingerprint density at radius 3 is 2.27 bits per heavy atom. The van der Waals surface area contributed by atoms with Crippen molar-refractivity contribution in [1.82, 2.24) is 9.21 Å². The maximum atomic E-state index is 11.9. The highest BCUT2D eigenvalue weighted by Gasteiger charge is 2.18. The van der Waals surface area contributed by atoms with Gasteiger partial charge >= 0.3 is 16.4 Å². The third-order valence-electron chi connectivity index (χ3n) is 2.77. The van der Waals surface area contributed by atoms with Gasteiger partial charge in [0.2, 0.25) is 0 Å². The van der Waals surface area contributed by atoms with Crippen LogP contribution < -0.4 is 8.92 Å². The number of ether oxygens (including phenoxy) is 1. The summed E-state index contributed by atoms with van der Waals surface area (Å²) in [5.74, 6) is 0.398. The molecule has 124 valence electrons. The lowest BCUT2D eigenvalue weighted by Crippen LogP contribution is -2.33. The second-order valence-electron chi connectivity index (χ2n) is 4.46. The third-order valence-corrected chi connectivity index (χ3v) is 4.69. The summed E-state index contributed by atoms with van der Waals surface area (Å²) < 4.78 is 34.8. The summed E-state index contributed by atoms with van der Waals surface area (Å²) in [6.07, 6.45) is -0.472. The summed E-state index contributed by atoms with van der Waals surface area (Å²) in [6.45, 7) is 4.77. The average molecular weight is 395 g/mol. The Morgan fingerprint density at radius 2 is 1.82 bits per heavy atom. The van der Waals surface area contributed by atoms with E-state index in [2.05, 4.69) is 15.9 Å². The number of halogens is 1. The van der Waals surface area contributed by atoms with Crippen molar-refractivity contribution in [3.05, 3.63) is 22.7 Å². The minimum Gasteiger partial charge on any atom is -0.409 e. The molecule has 0 atom stereocenters. The second kappa shape index (κ2) is 7.80. The van der Waals surface area contributed by atoms with E-state index in [-0.39, 0.29) is 11.5 Å². The molecule has 0 bridgehead atoms. The molecule has 1 aromatic rings. The van der Waals surface area contributed by atoms with Gasteiger partial charge in [-0.25, -0.2) is 4.79 Å². The number of nitrogens with zero attached hydrogens (tertiary/aromatic N) is 2. The largest absolute Gasteiger partial charge is 0.415 e. The van der Waals surface area contributed by atoms with Crippen molar-refractivity contribution in [1.29, 1.82) is 0 Å². The van der Waals surface area contributed by atoms with Crippen molar-refractivity contribution in [2.75, 3.05) is 27.2 Å². The molecule has 0 fully saturated rings. The molecular formula is C13H19BrN2O5S. The predicted octanol–water partition coefficient (Wildman–Crippen LogP) is 2.47. The van der Waals surface area contributed by atoms with Crippen LogP contribution >= 0.6 is 15.9 Å². The number of hydrogen-bond acceptors (Lipinski definition) is 5. The van der Waals surface area contributed by atoms with Crippen LogP contribution in [0.25, 0.3) is 0 Å². The van der Waals surface area contributed by atoms with Gasteiger partial charge in [0.25, 0.3) is 0 Å². The van der Waals surface area contributed by atoms with Crippen LogP contribution in [0.5, 0.6) is 11.5 Å². The molecule has 0 spiro atoms. The molecule has 7 nitrogen and oxygen atoms in total. The fraction of sp³-hybridized carbons (Fsp3) is 0.462. The van der Waals surface area contributed by atoms with Crippen LogP contribution in [-0.4, -0.2) is 50.9 Å². The molecule has 9 heteroatoms. The maximum absolute atomic E-state index is 11.9. The Bertz CT molecular complexity index is 629. The van der Waals surface area contributed by atoms with Gasteiger partial charge in [0, 0.05) is 27.2 Å². The molecule has 0 radical (unpaired) electrons. The van der Waals surface area contributed by atoms with Crippen LogP contribution in [0.15, 0.2) is 22.7 Å². The molecule has 0 N–H and O–H groups in total. The number of amides is 1. The van der Waals surface area contributed by atoms with Crippen LogP contribution in [-0.2, 0) is 10.3 Å². The Balaban J connectivity index is 2.89. The van der Waals surface area contributed by atoms with Crippen molar-refractivity contribution in [2.24, 2.45) is 0 Å². The Kier molecular flexibility index (Phi) is 6.64. The van der Waals surface area contributed by atoms with Crippen LogP contribution in [0.1, 0.15) is 13.8 Å². The molecule has 0 aromatic heterocycles. The smallest absolute Gasteiger partial charge is 0.409 e. The Hall–Kier alpha value is -1.32. The van der Waals surface area contributed by atoms with Crippen molar-refractivity contribution in [3.8, 4) is 11.5 Å². The van der Waals surface area contributed by atoms with Gasteiger partial charge in [0.15, 0.2) is 0 Å². The van der Waals surface area contributed by atoms with E-state index in [1.54, 1.807) is 0 Å². The first-order valence-corrected chi connectivity index (χ1v) is 8.75. The van der Waals surface area contributed by atoms with Gasteiger partial charge in [-0.3, -0.25) is 0 Å². The summed E-state index contributed by atoms with van der Waals surface area (Å²) >= 11 is 3.23. The first-order chi connectivity index (χ1) is 10.2. The van der Waals surface area contributed by atoms with Crippen LogP contribution in [0, 0.1) is 0 Å². The first-order valence-electron chi connectivity index (χ1n) is 6.59. The van der Waals surface area contributed by atoms with E-state index in [9.17, 15) is 13.2 Å². The van der Waals surface area contributed by atoms with Gasteiger partial charge in [0.1, 0.15) is 11.5 Å². The zero-order valence-electron chi connectivity index (χ0n) is 12.9. The van der Waals surface area contributed by atoms with Gasteiger partial charge in [-0.15, -0.1) is 0 Å². The van der Waals surface area contributed by atoms with E-state index in [4.69, 9.17) is 8.92 Å². The topological polar surface area (TPSA) is 76.1 Å². The number of carbonyl (C=O) groups excluding carboxylic acids is 1. The monoisotopic (exact) mass is 394 g/mol. The molecule has 22 heavy (non-hydrogen) atoms. The van der Waals surface area contributed by atoms with Gasteiger partial charge in [-0.05, 0) is 48.0 Å². The summed E-state index contributed by atoms with van der Waals surface area (Å²) in [5.41, 5.74) is 0. The molecule has 0 unspecified atom stereocenters. The zero-order chi connectivity index (χ0) is 16.9. The highest BCUT2D eigenvalue weighted by Crippen LogP contribution is 2.30. The fourth-order valence-electron chi connectivity index (χ4n) is 1.45. The molecule has 1 rings (SSSR count). The van der Waals surface area contributed by atoms with Crippen LogP contribution in [0.2, 0.25) is 0 Å². The van der Waals surface area contributed by atoms with Gasteiger partial charge in [-0.2, -0.15) is 12.7 Å². The summed E-state index contributed by atoms with van der Waals surface area (Å²) in [7, 11) is -1.10. The van der Waals surface area contributed by atoms with Crippen molar-refractivity contribution >= 4 is 32.3 Å². The lowest BCUT2D eigenvalue weighted by molar-refractivity contribution is 0.157. The second-order valence-corrected chi connectivity index (χ2v) is 7.06. The van der Waals surface area contributed by atoms with Gasteiger partial charge < -0.3 is 13.8 Å². The highest BCUT2D eigenvalue weighted by atomic mass is 79.9. The molecule has 0 saturated carbocycles. The zero-order valence-corrected chi connectivity index (χ0v) is 15.3. The number of rotatable bonds is 6. The van der Waals surface area contributed by atoms with E-state index < -0.39 is 16.4 Å². The Labute approximate surface area is 139 Å². The lowest BCUT2D eigenvalue weighted by Gasteiger charge is -2.18. The molecular weight excluding hydrogens is 376 g/mol. The number of benzene rings is 1. The van der Waals surface area contributed by atoms with Crippen molar-refractivity contribution in [2.45, 2.75) is 13.8 Å². The van der Waals surface area contributed by atoms with Gasteiger partial charge in [0.05, 0.1) is 4.47 Å². The summed E-state index contributed by atoms with van der Waals surface area (Å²) in [6, 6.07) is 4.30. The van der Waals surface area contributed by atoms with E-state index >= 15 is 0 Å². The standard InChI is InChI=1S/C13H19BrN2O5S/c1-5-16(6-2)13(17)20-12-8-7-10(9-11(12)14)21-22(18,19)15(3)4/h7-9H,5-6H2,1-4H3. The number of carbonyl (C=O) groups is 1. The Morgan fingerprint density at radius 1 is 1.23 bits per heavy atom. The van der Waals surface area contributed by atoms with Crippen LogP contribution in [0.3, 0.4) is 0 Å². The normalized spacial score (nSPS) is 11.4. The molecule has 1 aromatic carbocycles. The van der Waals surface area contributed by atoms with E-state index in [0.717, 1.165) is 4.31 Å². The van der Waals surface area contributed by atoms with Gasteiger partial charge in [-0.1, -0.05) is 0 Å². The molecule has 1 amide bonds. The first kappa shape index (κ1) is 18.7. The highest BCUT2D eigenvalue weighted by molar-refractivity contribution is 9.10. The fourth-order valence-corrected chi connectivity index (χ4v) is 2.39. The van der Waals surface area contributed by atoms with E-state index in [1.165, 1.54) is 37.2 Å². The average Bonchev–Trinajstić information content (AvgIpc) is 2.42. The van der Waals surface area contributed by atoms with Crippen LogP contribution in [0.4, 0.5) is 4.79 Å². The molecule has 0 aliphatic carbocycles. The molecule has 0 aliphatic rings. The maximum Gasteiger partial charge on any atom is 0.415 e. The SMILES string of the molecule is CCN(CC)C(=O)Oc1ccc(OS(=O)(=O)N(C)C)cc1Br. The van der Waals surface area contributed by atoms with Crippen molar-refractivity contribution < 1.29 is 22.1 Å². The summed E-state index contributed by atoms with van der Waals surface area (Å²) in [5, 5.41) is 0. The summed E-state index contributed by atoms with van der Waals surface area (Å²) in [4.78, 5) is 13.4. The molecule has 0 heterocycles. The molecule has 0 aliphatic heterocycles. The lowest BCUT2D eigenvalue weighted by atomic mass is 10.3. The van der Waals surface area contributed by atoms with Crippen molar-refractivity contribution in [3.63, 3.8) is 0 Å².